The maximum atomic E-state index is 11.7. The second-order valence-corrected chi connectivity index (χ2v) is 14.9. The van der Waals surface area contributed by atoms with E-state index in [1.807, 2.05) is 40.4 Å². The van der Waals surface area contributed by atoms with Crippen LogP contribution in [0.2, 0.25) is 0 Å². The molecule has 1 fully saturated rings. The topological polar surface area (TPSA) is 119 Å². The highest BCUT2D eigenvalue weighted by Gasteiger charge is 2.25. The number of likely N-dealkylation sites (tertiary alicyclic amines) is 1. The first-order valence-corrected chi connectivity index (χ1v) is 20.6. The first kappa shape index (κ1) is 43.8. The van der Waals surface area contributed by atoms with Gasteiger partial charge in [0.1, 0.15) is 12.6 Å². The molecule has 0 spiro atoms. The first-order chi connectivity index (χ1) is 22.6. The van der Waals surface area contributed by atoms with Crippen molar-refractivity contribution in [3.05, 3.63) is 34.3 Å². The van der Waals surface area contributed by atoms with Gasteiger partial charge in [0.05, 0.1) is 63.8 Å². The number of likely N-dealkylation sites (N-methyl/N-ethyl adjacent to an activating group) is 1. The highest BCUT2D eigenvalue weighted by molar-refractivity contribution is 14.2. The number of amides is 1. The number of ether oxygens (including phenoxy) is 2. The normalized spacial score (nSPS) is 18.3. The maximum Gasteiger partial charge on any atom is 0.222 e. The Morgan fingerprint density at radius 2 is 1.89 bits per heavy atom. The van der Waals surface area contributed by atoms with Crippen molar-refractivity contribution in [1.29, 1.82) is 0 Å². The number of allylic oxidation sites excluding steroid dienone is 3. The molecule has 268 valence electrons. The van der Waals surface area contributed by atoms with Gasteiger partial charge in [0.15, 0.2) is 0 Å². The molecule has 3 rings (SSSR count). The van der Waals surface area contributed by atoms with Gasteiger partial charge < -0.3 is 33.9 Å². The summed E-state index contributed by atoms with van der Waals surface area (Å²) >= 11 is 3.83. The molecule has 13 heteroatoms. The molecular formula is C34H57IN4O6S2. The van der Waals surface area contributed by atoms with Crippen LogP contribution in [0.25, 0.3) is 5.57 Å². The summed E-state index contributed by atoms with van der Waals surface area (Å²) in [5.74, 6) is 0.474. The van der Waals surface area contributed by atoms with Crippen molar-refractivity contribution in [2.75, 3.05) is 60.2 Å². The molecule has 1 aliphatic heterocycles. The van der Waals surface area contributed by atoms with E-state index in [0.717, 1.165) is 70.1 Å². The van der Waals surface area contributed by atoms with E-state index in [4.69, 9.17) is 13.7 Å². The zero-order valence-electron chi connectivity index (χ0n) is 29.1. The molecule has 3 atom stereocenters. The highest BCUT2D eigenvalue weighted by Crippen LogP contribution is 2.28. The van der Waals surface area contributed by atoms with Gasteiger partial charge in [0.2, 0.25) is 5.91 Å². The van der Waals surface area contributed by atoms with E-state index in [2.05, 4.69) is 66.9 Å². The fraction of sp³-hybridized carbons (Fsp3) is 0.706. The van der Waals surface area contributed by atoms with Crippen molar-refractivity contribution >= 4 is 65.8 Å². The Labute approximate surface area is 303 Å². The van der Waals surface area contributed by atoms with E-state index in [0.29, 0.717) is 32.3 Å². The third-order valence-corrected chi connectivity index (χ3v) is 9.68. The Hall–Kier alpha value is -1.20. The largest absolute Gasteiger partial charge is 0.379 e. The van der Waals surface area contributed by atoms with Gasteiger partial charge in [-0.05, 0) is 83.0 Å². The van der Waals surface area contributed by atoms with Gasteiger partial charge in [0.25, 0.3) is 0 Å². The van der Waals surface area contributed by atoms with Crippen LogP contribution in [0, 0.1) is 18.3 Å². The lowest BCUT2D eigenvalue weighted by atomic mass is 9.87. The molecule has 0 radical (unpaired) electrons. The summed E-state index contributed by atoms with van der Waals surface area (Å²) in [5.41, 5.74) is 4.11. The number of hydrogen-bond donors (Lipinski definition) is 2. The summed E-state index contributed by atoms with van der Waals surface area (Å²) in [6, 6.07) is -0.260. The van der Waals surface area contributed by atoms with E-state index >= 15 is 0 Å². The number of aldehydes is 2. The number of halogens is 1. The Bertz CT molecular complexity index is 1070. The predicted octanol–water partition coefficient (Wildman–Crippen LogP) is 6.23. The molecular weight excluding hydrogens is 751 g/mol. The molecule has 1 aromatic heterocycles. The summed E-state index contributed by atoms with van der Waals surface area (Å²) in [6.07, 6.45) is 15.4. The smallest absolute Gasteiger partial charge is 0.222 e. The lowest BCUT2D eigenvalue weighted by Gasteiger charge is -2.26. The number of thiazole rings is 1. The van der Waals surface area contributed by atoms with Crippen molar-refractivity contribution < 1.29 is 28.0 Å². The quantitative estimate of drug-likeness (QED) is 0.0721. The standard InChI is InChI=1S/C16H30INO5S.C12H16N2S.C6H11NO/c1-16(2,3)14(13-19)18-15(20)7-10-22-12-11-21-8-5-4-6-9-23-24-17;1-9-12(15-8-14-9)11-5-3-10(4-6-11)7-13-2;1-7-4-2-3-6(7)5-8/h13-14H,4-12H2,1-3H3,(H,18,20);3,5-6,8,10,13H,4,7H2,1-2H3;5-6H,2-4H2,1H3. The number of unbranched alkanes of at least 4 members (excludes halogenated alkanes) is 2. The number of carbonyl (C=O) groups excluding carboxylic acids is 3. The number of aromatic nitrogens is 1. The molecule has 2 aliphatic rings. The molecule has 1 aromatic rings. The van der Waals surface area contributed by atoms with Crippen molar-refractivity contribution in [3.8, 4) is 0 Å². The zero-order valence-corrected chi connectivity index (χ0v) is 32.9. The number of nitrogens with zero attached hydrogens (tertiary/aromatic N) is 2. The third kappa shape index (κ3) is 20.2. The van der Waals surface area contributed by atoms with Gasteiger partial charge in [-0.15, -0.1) is 11.3 Å². The van der Waals surface area contributed by atoms with E-state index in [-0.39, 0.29) is 23.8 Å². The second-order valence-electron chi connectivity index (χ2n) is 12.6. The van der Waals surface area contributed by atoms with Gasteiger partial charge in [-0.1, -0.05) is 39.0 Å². The van der Waals surface area contributed by atoms with Crippen LogP contribution >= 0.6 is 41.8 Å². The van der Waals surface area contributed by atoms with Gasteiger partial charge >= 0.3 is 0 Å². The minimum atomic E-state index is -0.478. The number of rotatable bonds is 19. The predicted molar refractivity (Wildman–Crippen MR) is 203 cm³/mol. The fourth-order valence-corrected chi connectivity index (χ4v) is 6.24. The van der Waals surface area contributed by atoms with E-state index in [1.165, 1.54) is 26.1 Å². The lowest BCUT2D eigenvalue weighted by molar-refractivity contribution is -0.126. The van der Waals surface area contributed by atoms with E-state index in [1.54, 1.807) is 11.3 Å². The minimum absolute atomic E-state index is 0.171. The Kier molecular flexibility index (Phi) is 24.8. The van der Waals surface area contributed by atoms with Crippen LogP contribution in [0.1, 0.15) is 76.3 Å². The zero-order chi connectivity index (χ0) is 34.9. The molecule has 2 heterocycles. The van der Waals surface area contributed by atoms with E-state index < -0.39 is 6.04 Å². The fourth-order valence-electron chi connectivity index (χ4n) is 4.69. The maximum absolute atomic E-state index is 11.7. The SMILES string of the molecule is CC(C)(C)C(C=O)NC(=O)CCOCCOCCCCCOSI.CN1CCCC1C=O.CNCC1C=CC(c2scnc2C)=CC1. The molecule has 3 unspecified atom stereocenters. The van der Waals surface area contributed by atoms with Gasteiger partial charge in [-0.3, -0.25) is 9.69 Å². The highest BCUT2D eigenvalue weighted by atomic mass is 127. The monoisotopic (exact) mass is 808 g/mol. The van der Waals surface area contributed by atoms with Gasteiger partial charge in [0, 0.05) is 40.8 Å². The molecule has 1 saturated heterocycles. The molecule has 1 amide bonds. The Balaban J connectivity index is 0.000000401. The summed E-state index contributed by atoms with van der Waals surface area (Å²) in [5, 5.41) is 5.92. The summed E-state index contributed by atoms with van der Waals surface area (Å²) in [4.78, 5) is 40.6. The van der Waals surface area contributed by atoms with Crippen molar-refractivity contribution in [2.24, 2.45) is 11.3 Å². The van der Waals surface area contributed by atoms with Crippen LogP contribution in [0.5, 0.6) is 0 Å². The Morgan fingerprint density at radius 1 is 1.17 bits per heavy atom. The molecule has 10 nitrogen and oxygen atoms in total. The van der Waals surface area contributed by atoms with Crippen molar-refractivity contribution in [1.82, 2.24) is 20.5 Å². The first-order valence-electron chi connectivity index (χ1n) is 16.5. The molecule has 0 bridgehead atoms. The summed E-state index contributed by atoms with van der Waals surface area (Å²) in [7, 11) is 5.36. The summed E-state index contributed by atoms with van der Waals surface area (Å²) in [6.45, 7) is 12.8. The van der Waals surface area contributed by atoms with Crippen LogP contribution in [-0.4, -0.2) is 101 Å². The minimum Gasteiger partial charge on any atom is -0.379 e. The third-order valence-electron chi connectivity index (χ3n) is 7.69. The van der Waals surface area contributed by atoms with Gasteiger partial charge in [-0.25, -0.2) is 4.98 Å². The molecule has 47 heavy (non-hydrogen) atoms. The van der Waals surface area contributed by atoms with E-state index in [9.17, 15) is 14.4 Å². The molecule has 0 aromatic carbocycles. The van der Waals surface area contributed by atoms with Crippen LogP contribution < -0.4 is 10.6 Å². The van der Waals surface area contributed by atoms with Crippen LogP contribution in [0.15, 0.2) is 23.7 Å². The summed E-state index contributed by atoms with van der Waals surface area (Å²) < 4.78 is 16.0. The number of hydrogen-bond acceptors (Lipinski definition) is 11. The lowest BCUT2D eigenvalue weighted by Crippen LogP contribution is -2.45. The van der Waals surface area contributed by atoms with Crippen LogP contribution in [0.3, 0.4) is 0 Å². The molecule has 1 aliphatic carbocycles. The second kappa shape index (κ2) is 26.6. The average Bonchev–Trinajstić information content (AvgIpc) is 3.68. The van der Waals surface area contributed by atoms with Crippen molar-refractivity contribution in [2.45, 2.75) is 84.7 Å². The molecule has 0 saturated carbocycles. The average molecular weight is 809 g/mol. The Morgan fingerprint density at radius 3 is 2.40 bits per heavy atom. The number of nitrogens with one attached hydrogen (secondary N) is 2. The number of carbonyl (C=O) groups is 3. The number of aryl methyl sites for hydroxylation is 1. The van der Waals surface area contributed by atoms with Crippen LogP contribution in [0.4, 0.5) is 0 Å². The molecule has 2 N–H and O–H groups in total. The van der Waals surface area contributed by atoms with Crippen molar-refractivity contribution in [3.63, 3.8) is 0 Å². The van der Waals surface area contributed by atoms with Gasteiger partial charge in [-0.2, -0.15) is 0 Å². The van der Waals surface area contributed by atoms with Crippen LogP contribution in [-0.2, 0) is 28.0 Å².